The van der Waals surface area contributed by atoms with E-state index in [0.717, 1.165) is 25.1 Å². The van der Waals surface area contributed by atoms with Crippen LogP contribution in [0.25, 0.3) is 0 Å². The minimum absolute atomic E-state index is 0.0206. The summed E-state index contributed by atoms with van der Waals surface area (Å²) in [6, 6.07) is 14.2. The fraction of sp³-hybridized carbons (Fsp3) is 0.455. The van der Waals surface area contributed by atoms with Crippen LogP contribution in [-0.4, -0.2) is 54.2 Å². The van der Waals surface area contributed by atoms with E-state index in [9.17, 15) is 4.79 Å². The fourth-order valence-corrected chi connectivity index (χ4v) is 3.81. The van der Waals surface area contributed by atoms with Gasteiger partial charge < -0.3 is 19.7 Å². The lowest BCUT2D eigenvalue weighted by Crippen LogP contribution is -2.40. The number of pyridine rings is 1. The van der Waals surface area contributed by atoms with Crippen LogP contribution in [-0.2, 0) is 16.1 Å². The number of amides is 1. The maximum absolute atomic E-state index is 12.5. The molecule has 148 valence electrons. The maximum Gasteiger partial charge on any atom is 0.255 e. The molecule has 6 heteroatoms. The molecule has 0 bridgehead atoms. The zero-order valence-electron chi connectivity index (χ0n) is 16.0. The summed E-state index contributed by atoms with van der Waals surface area (Å²) >= 11 is 0. The fourth-order valence-electron chi connectivity index (χ4n) is 3.81. The van der Waals surface area contributed by atoms with Crippen LogP contribution in [0.5, 0.6) is 0 Å². The molecule has 1 saturated carbocycles. The third kappa shape index (κ3) is 4.69. The third-order valence-electron chi connectivity index (χ3n) is 5.40. The Hall–Kier alpha value is -2.44. The Labute approximate surface area is 165 Å². The first-order valence-corrected chi connectivity index (χ1v) is 10.0. The van der Waals surface area contributed by atoms with Gasteiger partial charge in [-0.25, -0.2) is 4.98 Å². The lowest BCUT2D eigenvalue weighted by Gasteiger charge is -2.27. The predicted molar refractivity (Wildman–Crippen MR) is 107 cm³/mol. The average Bonchev–Trinajstić information content (AvgIpc) is 3.20. The van der Waals surface area contributed by atoms with Crippen LogP contribution in [0.2, 0.25) is 0 Å². The Morgan fingerprint density at radius 3 is 2.71 bits per heavy atom. The van der Waals surface area contributed by atoms with Crippen molar-refractivity contribution in [1.29, 1.82) is 0 Å². The number of hydrogen-bond acceptors (Lipinski definition) is 5. The first-order valence-electron chi connectivity index (χ1n) is 10.0. The molecule has 0 unspecified atom stereocenters. The number of nitrogens with one attached hydrogen (secondary N) is 1. The van der Waals surface area contributed by atoms with Gasteiger partial charge in [-0.15, -0.1) is 0 Å². The van der Waals surface area contributed by atoms with Crippen molar-refractivity contribution in [1.82, 2.24) is 9.88 Å². The third-order valence-corrected chi connectivity index (χ3v) is 5.40. The summed E-state index contributed by atoms with van der Waals surface area (Å²) < 4.78 is 11.5. The van der Waals surface area contributed by atoms with E-state index >= 15 is 0 Å². The molecule has 1 saturated heterocycles. The summed E-state index contributed by atoms with van der Waals surface area (Å²) in [5, 5.41) is 3.49. The number of anilines is 1. The van der Waals surface area contributed by atoms with Gasteiger partial charge in [0.25, 0.3) is 5.91 Å². The largest absolute Gasteiger partial charge is 0.378 e. The highest BCUT2D eigenvalue weighted by molar-refractivity contribution is 5.94. The van der Waals surface area contributed by atoms with Crippen molar-refractivity contribution in [3.8, 4) is 0 Å². The zero-order chi connectivity index (χ0) is 19.2. The van der Waals surface area contributed by atoms with Crippen LogP contribution in [0, 0.1) is 0 Å². The SMILES string of the molecule is O=C(c1ccc(N[C@@H]2CCC[C@H]2OCc2ccccc2)nc1)N1CCOCC1. The van der Waals surface area contributed by atoms with Crippen molar-refractivity contribution < 1.29 is 14.3 Å². The lowest BCUT2D eigenvalue weighted by molar-refractivity contribution is 0.0302. The highest BCUT2D eigenvalue weighted by Crippen LogP contribution is 2.26. The molecular formula is C22H27N3O3. The van der Waals surface area contributed by atoms with E-state index in [2.05, 4.69) is 22.4 Å². The molecule has 2 aliphatic rings. The number of morpholine rings is 1. The van der Waals surface area contributed by atoms with Gasteiger partial charge >= 0.3 is 0 Å². The number of carbonyl (C=O) groups excluding carboxylic acids is 1. The normalized spacial score (nSPS) is 22.2. The van der Waals surface area contributed by atoms with Crippen LogP contribution < -0.4 is 5.32 Å². The molecule has 1 amide bonds. The second-order valence-electron chi connectivity index (χ2n) is 7.35. The minimum atomic E-state index is 0.0206. The maximum atomic E-state index is 12.5. The molecule has 4 rings (SSSR count). The highest BCUT2D eigenvalue weighted by atomic mass is 16.5. The standard InChI is InChI=1S/C22H27N3O3/c26-22(25-11-13-27-14-12-25)18-9-10-21(23-15-18)24-19-7-4-8-20(19)28-16-17-5-2-1-3-6-17/h1-3,5-6,9-10,15,19-20H,4,7-8,11-14,16H2,(H,23,24)/t19-,20-/m1/s1. The van der Waals surface area contributed by atoms with Crippen molar-refractivity contribution in [2.45, 2.75) is 38.0 Å². The monoisotopic (exact) mass is 381 g/mol. The summed E-state index contributed by atoms with van der Waals surface area (Å²) in [5.41, 5.74) is 1.81. The van der Waals surface area contributed by atoms with Crippen molar-refractivity contribution in [2.24, 2.45) is 0 Å². The smallest absolute Gasteiger partial charge is 0.255 e. The predicted octanol–water partition coefficient (Wildman–Crippen LogP) is 3.10. The van der Waals surface area contributed by atoms with E-state index in [1.54, 1.807) is 6.20 Å². The molecule has 1 aliphatic carbocycles. The van der Waals surface area contributed by atoms with Crippen molar-refractivity contribution in [2.75, 3.05) is 31.6 Å². The van der Waals surface area contributed by atoms with Gasteiger partial charge in [0.05, 0.1) is 37.5 Å². The Morgan fingerprint density at radius 1 is 1.14 bits per heavy atom. The van der Waals surface area contributed by atoms with Gasteiger partial charge in [-0.1, -0.05) is 30.3 Å². The van der Waals surface area contributed by atoms with Crippen LogP contribution in [0.1, 0.15) is 35.2 Å². The van der Waals surface area contributed by atoms with E-state index in [1.165, 1.54) is 5.56 Å². The number of aromatic nitrogens is 1. The Morgan fingerprint density at radius 2 is 1.96 bits per heavy atom. The van der Waals surface area contributed by atoms with Gasteiger partial charge in [0.1, 0.15) is 5.82 Å². The second-order valence-corrected chi connectivity index (χ2v) is 7.35. The minimum Gasteiger partial charge on any atom is -0.378 e. The first-order chi connectivity index (χ1) is 13.8. The zero-order valence-corrected chi connectivity index (χ0v) is 16.0. The Balaban J connectivity index is 1.32. The average molecular weight is 381 g/mol. The number of benzene rings is 1. The molecule has 2 heterocycles. The summed E-state index contributed by atoms with van der Waals surface area (Å²) in [4.78, 5) is 18.8. The molecule has 0 radical (unpaired) electrons. The highest BCUT2D eigenvalue weighted by Gasteiger charge is 2.28. The van der Waals surface area contributed by atoms with Gasteiger partial charge in [-0.2, -0.15) is 0 Å². The molecular weight excluding hydrogens is 354 g/mol. The Bertz CT molecular complexity index is 760. The summed E-state index contributed by atoms with van der Waals surface area (Å²) in [6.07, 6.45) is 5.10. The number of hydrogen-bond donors (Lipinski definition) is 1. The molecule has 2 atom stereocenters. The number of carbonyl (C=O) groups is 1. The van der Waals surface area contributed by atoms with Crippen LogP contribution in [0.15, 0.2) is 48.7 Å². The van der Waals surface area contributed by atoms with E-state index in [4.69, 9.17) is 9.47 Å². The molecule has 1 aliphatic heterocycles. The molecule has 2 aromatic rings. The van der Waals surface area contributed by atoms with E-state index < -0.39 is 0 Å². The Kier molecular flexibility index (Phi) is 6.19. The summed E-state index contributed by atoms with van der Waals surface area (Å²) in [5.74, 6) is 0.811. The van der Waals surface area contributed by atoms with E-state index in [1.807, 2.05) is 35.2 Å². The van der Waals surface area contributed by atoms with Crippen molar-refractivity contribution in [3.05, 3.63) is 59.8 Å². The van der Waals surface area contributed by atoms with Crippen molar-refractivity contribution >= 4 is 11.7 Å². The molecule has 0 spiro atoms. The molecule has 28 heavy (non-hydrogen) atoms. The van der Waals surface area contributed by atoms with Crippen LogP contribution >= 0.6 is 0 Å². The number of ether oxygens (including phenoxy) is 2. The first kappa shape index (κ1) is 18.9. The van der Waals surface area contributed by atoms with Gasteiger partial charge in [0.15, 0.2) is 0 Å². The van der Waals surface area contributed by atoms with Gasteiger partial charge in [-0.3, -0.25) is 4.79 Å². The molecule has 6 nitrogen and oxygen atoms in total. The summed E-state index contributed by atoms with van der Waals surface area (Å²) in [7, 11) is 0. The van der Waals surface area contributed by atoms with Gasteiger partial charge in [0, 0.05) is 19.3 Å². The summed E-state index contributed by atoms with van der Waals surface area (Å²) in [6.45, 7) is 3.11. The van der Waals surface area contributed by atoms with Gasteiger partial charge in [0.2, 0.25) is 0 Å². The second kappa shape index (κ2) is 9.17. The molecule has 2 fully saturated rings. The van der Waals surface area contributed by atoms with E-state index in [0.29, 0.717) is 38.5 Å². The number of nitrogens with zero attached hydrogens (tertiary/aromatic N) is 2. The molecule has 1 N–H and O–H groups in total. The molecule has 1 aromatic heterocycles. The molecule has 1 aromatic carbocycles. The quantitative estimate of drug-likeness (QED) is 0.833. The van der Waals surface area contributed by atoms with Gasteiger partial charge in [-0.05, 0) is 37.0 Å². The van der Waals surface area contributed by atoms with Crippen LogP contribution in [0.4, 0.5) is 5.82 Å². The van der Waals surface area contributed by atoms with E-state index in [-0.39, 0.29) is 18.1 Å². The van der Waals surface area contributed by atoms with Crippen molar-refractivity contribution in [3.63, 3.8) is 0 Å². The van der Waals surface area contributed by atoms with Crippen LogP contribution in [0.3, 0.4) is 0 Å². The topological polar surface area (TPSA) is 63.7 Å². The number of rotatable bonds is 6. The lowest BCUT2D eigenvalue weighted by atomic mass is 10.2.